The molecule has 1 fully saturated rings. The number of para-hydroxylation sites is 3. The molecule has 0 bridgehead atoms. The van der Waals surface area contributed by atoms with Crippen LogP contribution in [0.4, 0.5) is 0 Å². The molecule has 0 aromatic heterocycles. The second kappa shape index (κ2) is 19.5. The van der Waals surface area contributed by atoms with E-state index in [4.69, 9.17) is 14.2 Å². The Hall–Kier alpha value is -5.10. The van der Waals surface area contributed by atoms with Crippen molar-refractivity contribution in [3.63, 3.8) is 0 Å². The van der Waals surface area contributed by atoms with Crippen molar-refractivity contribution in [3.05, 3.63) is 90.0 Å². The highest BCUT2D eigenvalue weighted by atomic mass is 16.5. The van der Waals surface area contributed by atoms with Gasteiger partial charge in [0.05, 0.1) is 32.2 Å². The maximum absolute atomic E-state index is 14.1. The smallest absolute Gasteiger partial charge is 0.255 e. The van der Waals surface area contributed by atoms with Gasteiger partial charge in [0, 0.05) is 45.7 Å². The zero-order valence-electron chi connectivity index (χ0n) is 30.3. The number of piperazine rings is 1. The lowest BCUT2D eigenvalue weighted by atomic mass is 10.0. The predicted molar refractivity (Wildman–Crippen MR) is 197 cm³/mol. The molecule has 0 unspecified atom stereocenters. The highest BCUT2D eigenvalue weighted by molar-refractivity contribution is 6.01. The molecule has 2 atom stereocenters. The van der Waals surface area contributed by atoms with Crippen LogP contribution in [0.25, 0.3) is 0 Å². The van der Waals surface area contributed by atoms with Crippen LogP contribution in [0.2, 0.25) is 0 Å². The van der Waals surface area contributed by atoms with Gasteiger partial charge in [-0.2, -0.15) is 0 Å². The van der Waals surface area contributed by atoms with Crippen molar-refractivity contribution in [2.45, 2.75) is 51.1 Å². The number of hydrogen-bond donors (Lipinski definition) is 2. The average molecular weight is 714 g/mol. The van der Waals surface area contributed by atoms with Crippen molar-refractivity contribution in [1.82, 2.24) is 25.3 Å². The van der Waals surface area contributed by atoms with E-state index in [0.717, 1.165) is 31.4 Å². The number of nitrogens with one attached hydrogen (secondary N) is 2. The summed E-state index contributed by atoms with van der Waals surface area (Å²) in [6, 6.07) is 21.9. The molecule has 52 heavy (non-hydrogen) atoms. The van der Waals surface area contributed by atoms with Gasteiger partial charge in [0.2, 0.25) is 17.7 Å². The van der Waals surface area contributed by atoms with E-state index < -0.39 is 23.9 Å². The molecule has 4 amide bonds. The molecule has 2 aliphatic rings. The first-order valence-electron chi connectivity index (χ1n) is 18.3. The molecule has 12 heteroatoms. The van der Waals surface area contributed by atoms with Crippen LogP contribution < -0.4 is 24.8 Å². The monoisotopic (exact) mass is 713 g/mol. The first-order chi connectivity index (χ1) is 25.4. The van der Waals surface area contributed by atoms with Gasteiger partial charge in [-0.1, -0.05) is 67.9 Å². The van der Waals surface area contributed by atoms with E-state index in [9.17, 15) is 19.2 Å². The van der Waals surface area contributed by atoms with Crippen molar-refractivity contribution >= 4 is 23.6 Å². The molecule has 2 aliphatic heterocycles. The topological polar surface area (TPSA) is 130 Å². The average Bonchev–Trinajstić information content (AvgIpc) is 3.17. The summed E-state index contributed by atoms with van der Waals surface area (Å²) in [5.74, 6) is 0.190. The van der Waals surface area contributed by atoms with E-state index in [1.165, 1.54) is 0 Å². The van der Waals surface area contributed by atoms with Crippen LogP contribution in [0.3, 0.4) is 0 Å². The quantitative estimate of drug-likeness (QED) is 0.273. The largest absolute Gasteiger partial charge is 0.493 e. The highest BCUT2D eigenvalue weighted by Crippen LogP contribution is 2.26. The first kappa shape index (κ1) is 38.1. The molecule has 3 aromatic rings. The molecule has 12 nitrogen and oxygen atoms in total. The Kier molecular flexibility index (Phi) is 14.3. The summed E-state index contributed by atoms with van der Waals surface area (Å²) < 4.78 is 17.4. The fourth-order valence-electron chi connectivity index (χ4n) is 6.49. The second-order valence-corrected chi connectivity index (χ2v) is 13.1. The summed E-state index contributed by atoms with van der Waals surface area (Å²) in [7, 11) is 1.62. The molecule has 0 radical (unpaired) electrons. The van der Waals surface area contributed by atoms with E-state index >= 15 is 0 Å². The SMILES string of the molecule is CCCCN1CCOc2ccccc2C(=O)N[C@H](C(=O)N2CCN(CCCOc3ccccc3OC)CC2)CC(=O)N[C@@H](Cc2ccccc2)C1=O. The number of hydrogen-bond acceptors (Lipinski definition) is 8. The zero-order valence-corrected chi connectivity index (χ0v) is 30.3. The van der Waals surface area contributed by atoms with Gasteiger partial charge in [0.1, 0.15) is 24.4 Å². The van der Waals surface area contributed by atoms with Gasteiger partial charge in [0.25, 0.3) is 5.91 Å². The second-order valence-electron chi connectivity index (χ2n) is 13.1. The van der Waals surface area contributed by atoms with Gasteiger partial charge < -0.3 is 34.6 Å². The number of fused-ring (bicyclic) bond motifs is 1. The number of amides is 4. The molecule has 1 saturated heterocycles. The molecular formula is C40H51N5O7. The van der Waals surface area contributed by atoms with E-state index in [0.29, 0.717) is 56.6 Å². The van der Waals surface area contributed by atoms with Gasteiger partial charge >= 0.3 is 0 Å². The van der Waals surface area contributed by atoms with Crippen LogP contribution >= 0.6 is 0 Å². The molecule has 0 spiro atoms. The van der Waals surface area contributed by atoms with E-state index in [1.807, 2.05) is 54.6 Å². The van der Waals surface area contributed by atoms with Crippen LogP contribution in [0.1, 0.15) is 48.5 Å². The first-order valence-corrected chi connectivity index (χ1v) is 18.3. The highest BCUT2D eigenvalue weighted by Gasteiger charge is 2.33. The van der Waals surface area contributed by atoms with Crippen LogP contribution in [-0.2, 0) is 20.8 Å². The van der Waals surface area contributed by atoms with Gasteiger partial charge in [-0.15, -0.1) is 0 Å². The fraction of sp³-hybridized carbons (Fsp3) is 0.450. The van der Waals surface area contributed by atoms with Gasteiger partial charge in [-0.05, 0) is 42.7 Å². The minimum Gasteiger partial charge on any atom is -0.493 e. The molecule has 0 saturated carbocycles. The number of rotatable bonds is 12. The summed E-state index contributed by atoms with van der Waals surface area (Å²) in [6.07, 6.45) is 2.44. The summed E-state index contributed by atoms with van der Waals surface area (Å²) in [5.41, 5.74) is 1.15. The number of unbranched alkanes of at least 4 members (excludes halogenated alkanes) is 1. The summed E-state index contributed by atoms with van der Waals surface area (Å²) in [5, 5.41) is 5.77. The number of methoxy groups -OCH3 is 1. The molecule has 278 valence electrons. The number of ether oxygens (including phenoxy) is 3. The third-order valence-corrected chi connectivity index (χ3v) is 9.38. The normalized spacial score (nSPS) is 19.1. The maximum Gasteiger partial charge on any atom is 0.255 e. The van der Waals surface area contributed by atoms with E-state index in [-0.39, 0.29) is 43.4 Å². The standard InChI is InChI=1S/C40H51N5O7/c1-3-4-20-44-25-27-52-34-16-9-8-15-31(34)38(47)42-33(29-37(46)41-32(39(44)48)28-30-13-6-5-7-14-30)40(49)45-23-21-43(22-24-45)19-12-26-51-36-18-11-10-17-35(36)50-2/h5-11,13-18,32-33H,3-4,12,19-29H2,1-2H3,(H,41,46)(H,42,47)/t32-,33-/m0/s1. The van der Waals surface area contributed by atoms with Crippen molar-refractivity contribution in [2.75, 3.05) is 66.1 Å². The third-order valence-electron chi connectivity index (χ3n) is 9.38. The fourth-order valence-corrected chi connectivity index (χ4v) is 6.49. The van der Waals surface area contributed by atoms with Gasteiger partial charge in [0.15, 0.2) is 11.5 Å². The molecule has 5 rings (SSSR count). The Morgan fingerprint density at radius 3 is 2.29 bits per heavy atom. The molecule has 2 heterocycles. The molecule has 0 aliphatic carbocycles. The zero-order chi connectivity index (χ0) is 36.7. The maximum atomic E-state index is 14.1. The number of nitrogens with zero attached hydrogens (tertiary/aromatic N) is 3. The Morgan fingerprint density at radius 2 is 1.54 bits per heavy atom. The lowest BCUT2D eigenvalue weighted by Gasteiger charge is -2.36. The van der Waals surface area contributed by atoms with E-state index in [1.54, 1.807) is 41.2 Å². The summed E-state index contributed by atoms with van der Waals surface area (Å²) >= 11 is 0. The Balaban J connectivity index is 1.28. The number of carbonyl (C=O) groups is 4. The van der Waals surface area contributed by atoms with Crippen LogP contribution in [0, 0.1) is 0 Å². The lowest BCUT2D eigenvalue weighted by molar-refractivity contribution is -0.139. The Bertz CT molecular complexity index is 1630. The minimum atomic E-state index is -1.15. The minimum absolute atomic E-state index is 0.158. The summed E-state index contributed by atoms with van der Waals surface area (Å²) in [6.45, 7) is 6.51. The van der Waals surface area contributed by atoms with Gasteiger partial charge in [-0.25, -0.2) is 0 Å². The molecule has 3 aromatic carbocycles. The molecular weight excluding hydrogens is 662 g/mol. The Morgan fingerprint density at radius 1 is 0.827 bits per heavy atom. The number of benzene rings is 3. The third kappa shape index (κ3) is 10.7. The van der Waals surface area contributed by atoms with Crippen molar-refractivity contribution in [2.24, 2.45) is 0 Å². The van der Waals surface area contributed by atoms with Crippen LogP contribution in [0.5, 0.6) is 17.2 Å². The van der Waals surface area contributed by atoms with Crippen LogP contribution in [-0.4, -0.2) is 117 Å². The van der Waals surface area contributed by atoms with E-state index in [2.05, 4.69) is 22.5 Å². The molecule has 2 N–H and O–H groups in total. The van der Waals surface area contributed by atoms with Crippen LogP contribution in [0.15, 0.2) is 78.9 Å². The Labute approximate surface area is 306 Å². The predicted octanol–water partition coefficient (Wildman–Crippen LogP) is 3.55. The lowest BCUT2D eigenvalue weighted by Crippen LogP contribution is -2.57. The number of carbonyl (C=O) groups excluding carboxylic acids is 4. The summed E-state index contributed by atoms with van der Waals surface area (Å²) in [4.78, 5) is 61.3. The van der Waals surface area contributed by atoms with Crippen molar-refractivity contribution in [1.29, 1.82) is 0 Å². The van der Waals surface area contributed by atoms with Crippen molar-refractivity contribution < 1.29 is 33.4 Å². The van der Waals surface area contributed by atoms with Crippen molar-refractivity contribution in [3.8, 4) is 17.2 Å². The van der Waals surface area contributed by atoms with Gasteiger partial charge in [-0.3, -0.25) is 24.1 Å².